The smallest absolute Gasteiger partial charge is 0.319 e. The molecule has 0 radical (unpaired) electrons. The lowest BCUT2D eigenvalue weighted by molar-refractivity contribution is -0.154. The molecule has 1 heterocycles. The van der Waals surface area contributed by atoms with E-state index in [1.165, 1.54) is 12.2 Å². The van der Waals surface area contributed by atoms with Crippen LogP contribution in [0.15, 0.2) is 54.6 Å². The minimum Gasteiger partial charge on any atom is -0.465 e. The number of amides is 1. The van der Waals surface area contributed by atoms with Crippen LogP contribution in [0.25, 0.3) is 0 Å². The Morgan fingerprint density at radius 3 is 2.50 bits per heavy atom. The van der Waals surface area contributed by atoms with Gasteiger partial charge >= 0.3 is 5.97 Å². The third-order valence-corrected chi connectivity index (χ3v) is 4.42. The number of hydrogen-bond donors (Lipinski definition) is 0. The number of ether oxygens (including phenoxy) is 1. The Morgan fingerprint density at radius 2 is 1.88 bits per heavy atom. The highest BCUT2D eigenvalue weighted by Crippen LogP contribution is 2.42. The number of hydrogen-bond acceptors (Lipinski definition) is 4. The van der Waals surface area contributed by atoms with Gasteiger partial charge in [-0.15, -0.1) is 0 Å². The molecule has 2 aliphatic rings. The Hall–Kier alpha value is -2.69. The van der Waals surface area contributed by atoms with E-state index in [0.29, 0.717) is 13.1 Å². The predicted octanol–water partition coefficient (Wildman–Crippen LogP) is 1.89. The quantitative estimate of drug-likeness (QED) is 0.626. The Morgan fingerprint density at radius 1 is 1.21 bits per heavy atom. The summed E-state index contributed by atoms with van der Waals surface area (Å²) >= 11 is 0. The average molecular weight is 325 g/mol. The summed E-state index contributed by atoms with van der Waals surface area (Å²) in [6.45, 7) is 2.70. The molecule has 3 rings (SSSR count). The zero-order valence-corrected chi connectivity index (χ0v) is 13.5. The average Bonchev–Trinajstić information content (AvgIpc) is 2.84. The van der Waals surface area contributed by atoms with E-state index in [-0.39, 0.29) is 18.3 Å². The normalized spacial score (nSPS) is 21.5. The molecule has 1 aliphatic heterocycles. The SMILES string of the molecule is CCOC(=O)C1C(=O)N(Cc2ccccc2)CC12C=CC(=O)C=C2. The summed E-state index contributed by atoms with van der Waals surface area (Å²) in [5.41, 5.74) is 0.178. The van der Waals surface area contributed by atoms with E-state index in [1.807, 2.05) is 30.3 Å². The van der Waals surface area contributed by atoms with Crippen molar-refractivity contribution >= 4 is 17.7 Å². The van der Waals surface area contributed by atoms with E-state index >= 15 is 0 Å². The van der Waals surface area contributed by atoms with Gasteiger partial charge in [0.2, 0.25) is 5.91 Å². The highest BCUT2D eigenvalue weighted by molar-refractivity contribution is 6.04. The van der Waals surface area contributed by atoms with Gasteiger partial charge in [-0.05, 0) is 24.6 Å². The van der Waals surface area contributed by atoms with Gasteiger partial charge < -0.3 is 9.64 Å². The van der Waals surface area contributed by atoms with Gasteiger partial charge in [-0.25, -0.2) is 0 Å². The van der Waals surface area contributed by atoms with Gasteiger partial charge in [0.1, 0.15) is 5.92 Å². The number of rotatable bonds is 4. The van der Waals surface area contributed by atoms with Crippen LogP contribution in [0.4, 0.5) is 0 Å². The molecule has 1 spiro atoms. The van der Waals surface area contributed by atoms with E-state index in [2.05, 4.69) is 0 Å². The summed E-state index contributed by atoms with van der Waals surface area (Å²) in [5, 5.41) is 0. The maximum atomic E-state index is 12.9. The lowest BCUT2D eigenvalue weighted by Crippen LogP contribution is -2.36. The number of carbonyl (C=O) groups excluding carboxylic acids is 3. The highest BCUT2D eigenvalue weighted by atomic mass is 16.5. The van der Waals surface area contributed by atoms with Crippen LogP contribution >= 0.6 is 0 Å². The van der Waals surface area contributed by atoms with Gasteiger partial charge in [0.15, 0.2) is 5.78 Å². The van der Waals surface area contributed by atoms with E-state index in [0.717, 1.165) is 5.56 Å². The second kappa shape index (κ2) is 6.43. The molecule has 1 amide bonds. The van der Waals surface area contributed by atoms with Gasteiger partial charge in [0.25, 0.3) is 0 Å². The van der Waals surface area contributed by atoms with Gasteiger partial charge in [0.05, 0.1) is 6.61 Å². The van der Waals surface area contributed by atoms with Crippen molar-refractivity contribution in [3.8, 4) is 0 Å². The molecule has 1 fully saturated rings. The molecule has 24 heavy (non-hydrogen) atoms. The van der Waals surface area contributed by atoms with Crippen molar-refractivity contribution in [3.05, 3.63) is 60.2 Å². The van der Waals surface area contributed by atoms with E-state index in [9.17, 15) is 14.4 Å². The third-order valence-electron chi connectivity index (χ3n) is 4.42. The fraction of sp³-hybridized carbons (Fsp3) is 0.316. The second-order valence-electron chi connectivity index (χ2n) is 6.05. The second-order valence-corrected chi connectivity index (χ2v) is 6.05. The zero-order valence-electron chi connectivity index (χ0n) is 13.5. The number of esters is 1. The van der Waals surface area contributed by atoms with Crippen molar-refractivity contribution in [1.29, 1.82) is 0 Å². The van der Waals surface area contributed by atoms with Crippen LogP contribution in [0.2, 0.25) is 0 Å². The molecule has 1 aromatic rings. The summed E-state index contributed by atoms with van der Waals surface area (Å²) in [5.74, 6) is -1.89. The number of ketones is 1. The van der Waals surface area contributed by atoms with Crippen molar-refractivity contribution in [2.45, 2.75) is 13.5 Å². The summed E-state index contributed by atoms with van der Waals surface area (Å²) in [4.78, 5) is 38.4. The van der Waals surface area contributed by atoms with Crippen molar-refractivity contribution in [2.24, 2.45) is 11.3 Å². The number of likely N-dealkylation sites (tertiary alicyclic amines) is 1. The topological polar surface area (TPSA) is 63.7 Å². The van der Waals surface area contributed by atoms with Crippen LogP contribution in [-0.2, 0) is 25.7 Å². The zero-order chi connectivity index (χ0) is 17.2. The van der Waals surface area contributed by atoms with Crippen molar-refractivity contribution < 1.29 is 19.1 Å². The van der Waals surface area contributed by atoms with Crippen molar-refractivity contribution in [3.63, 3.8) is 0 Å². The van der Waals surface area contributed by atoms with Gasteiger partial charge in [-0.3, -0.25) is 14.4 Å². The first-order valence-electron chi connectivity index (χ1n) is 7.97. The molecule has 0 aromatic heterocycles. The van der Waals surface area contributed by atoms with Gasteiger partial charge in [0, 0.05) is 18.5 Å². The molecule has 1 atom stereocenters. The fourth-order valence-electron chi connectivity index (χ4n) is 3.28. The van der Waals surface area contributed by atoms with Crippen LogP contribution in [-0.4, -0.2) is 35.7 Å². The van der Waals surface area contributed by atoms with Gasteiger partial charge in [-0.2, -0.15) is 0 Å². The number of allylic oxidation sites excluding steroid dienone is 2. The van der Waals surface area contributed by atoms with Crippen LogP contribution in [0.5, 0.6) is 0 Å². The molecule has 0 bridgehead atoms. The van der Waals surface area contributed by atoms with E-state index < -0.39 is 17.3 Å². The molecule has 0 N–H and O–H groups in total. The Balaban J connectivity index is 1.91. The summed E-state index contributed by atoms with van der Waals surface area (Å²) in [7, 11) is 0. The first-order valence-corrected chi connectivity index (χ1v) is 7.97. The molecule has 1 aliphatic carbocycles. The highest BCUT2D eigenvalue weighted by Gasteiger charge is 2.54. The van der Waals surface area contributed by atoms with Crippen LogP contribution in [0.1, 0.15) is 12.5 Å². The molecular weight excluding hydrogens is 306 g/mol. The largest absolute Gasteiger partial charge is 0.465 e. The van der Waals surface area contributed by atoms with Gasteiger partial charge in [-0.1, -0.05) is 42.5 Å². The fourth-order valence-corrected chi connectivity index (χ4v) is 3.28. The summed E-state index contributed by atoms with van der Waals surface area (Å²) < 4.78 is 5.11. The molecule has 5 heteroatoms. The van der Waals surface area contributed by atoms with Crippen LogP contribution < -0.4 is 0 Å². The Labute approximate surface area is 140 Å². The third kappa shape index (κ3) is 2.89. The van der Waals surface area contributed by atoms with E-state index in [4.69, 9.17) is 4.74 Å². The molecule has 1 saturated heterocycles. The predicted molar refractivity (Wildman–Crippen MR) is 87.7 cm³/mol. The molecule has 0 saturated carbocycles. The molecule has 124 valence electrons. The Kier molecular flexibility index (Phi) is 4.34. The minimum absolute atomic E-state index is 0.141. The van der Waals surface area contributed by atoms with Crippen molar-refractivity contribution in [1.82, 2.24) is 4.90 Å². The number of carbonyl (C=O) groups is 3. The maximum absolute atomic E-state index is 12.9. The summed E-state index contributed by atoms with van der Waals surface area (Å²) in [6, 6.07) is 9.61. The summed E-state index contributed by atoms with van der Waals surface area (Å²) in [6.07, 6.45) is 6.18. The number of nitrogens with zero attached hydrogens (tertiary/aromatic N) is 1. The lowest BCUT2D eigenvalue weighted by Gasteiger charge is -2.27. The first kappa shape index (κ1) is 16.2. The monoisotopic (exact) mass is 325 g/mol. The maximum Gasteiger partial charge on any atom is 0.319 e. The Bertz CT molecular complexity index is 704. The van der Waals surface area contributed by atoms with Crippen molar-refractivity contribution in [2.75, 3.05) is 13.2 Å². The molecule has 5 nitrogen and oxygen atoms in total. The molecule has 1 unspecified atom stereocenters. The van der Waals surface area contributed by atoms with Crippen LogP contribution in [0.3, 0.4) is 0 Å². The lowest BCUT2D eigenvalue weighted by atomic mass is 9.75. The van der Waals surface area contributed by atoms with E-state index in [1.54, 1.807) is 24.0 Å². The van der Waals surface area contributed by atoms with Crippen LogP contribution in [0, 0.1) is 11.3 Å². The standard InChI is InChI=1S/C19H19NO4/c1-2-24-18(23)16-17(22)20(12-14-6-4-3-5-7-14)13-19(16)10-8-15(21)9-11-19/h3-11,16H,2,12-13H2,1H3. The first-order chi connectivity index (χ1) is 11.6. The molecular formula is C19H19NO4. The minimum atomic E-state index is -0.943. The number of benzene rings is 1. The molecule has 1 aromatic carbocycles.